The highest BCUT2D eigenvalue weighted by Gasteiger charge is 2.29. The number of ether oxygens (including phenoxy) is 1. The molecular weight excluding hydrogens is 476 g/mol. The monoisotopic (exact) mass is 512 g/mol. The molecule has 10 heteroatoms. The highest BCUT2D eigenvalue weighted by atomic mass is 16.5. The van der Waals surface area contributed by atoms with E-state index in [0.29, 0.717) is 12.8 Å². The average Bonchev–Trinajstić information content (AvgIpc) is 2.89. The van der Waals surface area contributed by atoms with Crippen LogP contribution >= 0.6 is 0 Å². The van der Waals surface area contributed by atoms with Gasteiger partial charge in [0, 0.05) is 13.0 Å². The van der Waals surface area contributed by atoms with Gasteiger partial charge < -0.3 is 31.1 Å². The Morgan fingerprint density at radius 3 is 2.03 bits per heavy atom. The van der Waals surface area contributed by atoms with Gasteiger partial charge in [-0.15, -0.1) is 0 Å². The number of hydrogen-bond donors (Lipinski definition) is 5. The van der Waals surface area contributed by atoms with Crippen LogP contribution in [0.1, 0.15) is 31.4 Å². The van der Waals surface area contributed by atoms with Crippen molar-refractivity contribution >= 4 is 24.3 Å². The Labute approximate surface area is 217 Å². The molecule has 37 heavy (non-hydrogen) atoms. The summed E-state index contributed by atoms with van der Waals surface area (Å²) in [4.78, 5) is 49.4. The molecule has 4 amide bonds. The number of nitrogens with one attached hydrogen (secondary N) is 4. The van der Waals surface area contributed by atoms with Crippen LogP contribution < -0.4 is 21.3 Å². The van der Waals surface area contributed by atoms with Crippen LogP contribution in [0.3, 0.4) is 0 Å². The molecule has 0 heterocycles. The summed E-state index contributed by atoms with van der Waals surface area (Å²) in [6.45, 7) is 3.51. The van der Waals surface area contributed by atoms with Crippen molar-refractivity contribution in [3.63, 3.8) is 0 Å². The summed E-state index contributed by atoms with van der Waals surface area (Å²) in [6, 6.07) is 15.7. The summed E-state index contributed by atoms with van der Waals surface area (Å²) in [5, 5.41) is 20.0. The van der Waals surface area contributed by atoms with Crippen molar-refractivity contribution in [2.45, 2.75) is 51.4 Å². The van der Waals surface area contributed by atoms with Crippen LogP contribution in [-0.4, -0.2) is 60.7 Å². The Hall–Kier alpha value is -3.92. The van der Waals surface area contributed by atoms with Crippen LogP contribution in [0, 0.1) is 5.92 Å². The molecule has 0 fully saturated rings. The molecule has 0 unspecified atom stereocenters. The number of aliphatic hydroxyl groups is 1. The maximum atomic E-state index is 13.3. The molecule has 3 atom stereocenters. The first-order valence-corrected chi connectivity index (χ1v) is 12.2. The molecule has 0 spiro atoms. The van der Waals surface area contributed by atoms with Gasteiger partial charge in [-0.25, -0.2) is 4.79 Å². The van der Waals surface area contributed by atoms with Crippen molar-refractivity contribution in [1.29, 1.82) is 0 Å². The highest BCUT2D eigenvalue weighted by molar-refractivity contribution is 5.91. The Morgan fingerprint density at radius 1 is 0.865 bits per heavy atom. The Kier molecular flexibility index (Phi) is 12.6. The molecule has 0 bridgehead atoms. The predicted octanol–water partition coefficient (Wildman–Crippen LogP) is 1.28. The topological polar surface area (TPSA) is 146 Å². The van der Waals surface area contributed by atoms with Gasteiger partial charge >= 0.3 is 6.09 Å². The number of aliphatic hydroxyl groups excluding tert-OH is 1. The third-order valence-electron chi connectivity index (χ3n) is 5.46. The first-order chi connectivity index (χ1) is 17.8. The average molecular weight is 513 g/mol. The van der Waals surface area contributed by atoms with E-state index < -0.39 is 42.6 Å². The molecule has 2 rings (SSSR count). The molecule has 0 saturated carbocycles. The summed E-state index contributed by atoms with van der Waals surface area (Å²) in [5.41, 5.74) is 1.62. The Balaban J connectivity index is 2.11. The fourth-order valence-electron chi connectivity index (χ4n) is 3.59. The van der Waals surface area contributed by atoms with Gasteiger partial charge in [-0.3, -0.25) is 14.4 Å². The summed E-state index contributed by atoms with van der Waals surface area (Å²) < 4.78 is 5.27. The van der Waals surface area contributed by atoms with E-state index in [0.717, 1.165) is 11.1 Å². The number of amides is 4. The number of carbonyl (C=O) groups is 4. The predicted molar refractivity (Wildman–Crippen MR) is 138 cm³/mol. The van der Waals surface area contributed by atoms with E-state index in [9.17, 15) is 24.3 Å². The third kappa shape index (κ3) is 11.1. The molecule has 2 aromatic carbocycles. The van der Waals surface area contributed by atoms with Crippen LogP contribution in [0.25, 0.3) is 0 Å². The highest BCUT2D eigenvalue weighted by Crippen LogP contribution is 2.09. The van der Waals surface area contributed by atoms with Gasteiger partial charge in [-0.05, 0) is 23.5 Å². The first-order valence-electron chi connectivity index (χ1n) is 12.2. The summed E-state index contributed by atoms with van der Waals surface area (Å²) in [6.07, 6.45) is 0.241. The van der Waals surface area contributed by atoms with Crippen LogP contribution in [0.15, 0.2) is 60.7 Å². The fraction of sp³-hybridized carbons (Fsp3) is 0.407. The SMILES string of the molecule is CC(C)C[C@H](NC(=O)OCc1ccccc1)C(=O)N[C@@H](Cc1ccccc1)C(=O)N[C@H](CO)CNC=O. The van der Waals surface area contributed by atoms with Gasteiger partial charge in [0.25, 0.3) is 0 Å². The number of alkyl carbamates (subject to hydrolysis) is 1. The second kappa shape index (κ2) is 15.9. The van der Waals surface area contributed by atoms with E-state index in [1.54, 1.807) is 0 Å². The van der Waals surface area contributed by atoms with Crippen LogP contribution in [-0.2, 0) is 32.1 Å². The molecule has 0 aromatic heterocycles. The second-order valence-corrected chi connectivity index (χ2v) is 9.05. The third-order valence-corrected chi connectivity index (χ3v) is 5.46. The van der Waals surface area contributed by atoms with Crippen molar-refractivity contribution in [3.8, 4) is 0 Å². The number of carbonyl (C=O) groups excluding carboxylic acids is 4. The van der Waals surface area contributed by atoms with Crippen molar-refractivity contribution in [2.75, 3.05) is 13.2 Å². The molecule has 2 aromatic rings. The summed E-state index contributed by atoms with van der Waals surface area (Å²) in [7, 11) is 0. The lowest BCUT2D eigenvalue weighted by molar-refractivity contribution is -0.130. The minimum absolute atomic E-state index is 0.0303. The fourth-order valence-corrected chi connectivity index (χ4v) is 3.59. The molecular formula is C27H36N4O6. The molecule has 0 aliphatic heterocycles. The standard InChI is InChI=1S/C27H36N4O6/c1-19(2)13-23(31-27(36)37-17-21-11-7-4-8-12-21)26(35)30-24(14-20-9-5-3-6-10-20)25(34)29-22(16-32)15-28-18-33/h3-12,18-19,22-24,32H,13-17H2,1-2H3,(H,28,33)(H,29,34)(H,30,35)(H,31,36)/t22-,23-,24-/m0/s1. The van der Waals surface area contributed by atoms with Crippen molar-refractivity contribution in [1.82, 2.24) is 21.3 Å². The molecule has 0 aliphatic rings. The van der Waals surface area contributed by atoms with Crippen LogP contribution in [0.2, 0.25) is 0 Å². The van der Waals surface area contributed by atoms with Gasteiger partial charge in [0.15, 0.2) is 0 Å². The van der Waals surface area contributed by atoms with Gasteiger partial charge in [-0.1, -0.05) is 74.5 Å². The molecule has 200 valence electrons. The van der Waals surface area contributed by atoms with Gasteiger partial charge in [0.1, 0.15) is 18.7 Å². The largest absolute Gasteiger partial charge is 0.445 e. The van der Waals surface area contributed by atoms with Gasteiger partial charge in [0.05, 0.1) is 12.6 Å². The van der Waals surface area contributed by atoms with E-state index >= 15 is 0 Å². The number of benzene rings is 2. The molecule has 0 saturated heterocycles. The Morgan fingerprint density at radius 2 is 1.46 bits per heavy atom. The van der Waals surface area contributed by atoms with Crippen molar-refractivity contribution in [3.05, 3.63) is 71.8 Å². The van der Waals surface area contributed by atoms with Crippen molar-refractivity contribution < 1.29 is 29.0 Å². The minimum Gasteiger partial charge on any atom is -0.445 e. The van der Waals surface area contributed by atoms with E-state index in [-0.39, 0.29) is 25.5 Å². The summed E-state index contributed by atoms with van der Waals surface area (Å²) in [5.74, 6) is -0.994. The lowest BCUT2D eigenvalue weighted by Crippen LogP contribution is -2.57. The lowest BCUT2D eigenvalue weighted by Gasteiger charge is -2.25. The number of hydrogen-bond acceptors (Lipinski definition) is 6. The smallest absolute Gasteiger partial charge is 0.408 e. The molecule has 5 N–H and O–H groups in total. The summed E-state index contributed by atoms with van der Waals surface area (Å²) >= 11 is 0. The Bertz CT molecular complexity index is 987. The van der Waals surface area contributed by atoms with Gasteiger partial charge in [-0.2, -0.15) is 0 Å². The minimum atomic E-state index is -0.989. The van der Waals surface area contributed by atoms with Gasteiger partial charge in [0.2, 0.25) is 18.2 Å². The molecule has 0 radical (unpaired) electrons. The zero-order valence-corrected chi connectivity index (χ0v) is 21.2. The van der Waals surface area contributed by atoms with Crippen LogP contribution in [0.4, 0.5) is 4.79 Å². The molecule has 10 nitrogen and oxygen atoms in total. The van der Waals surface area contributed by atoms with E-state index in [4.69, 9.17) is 4.74 Å². The second-order valence-electron chi connectivity index (χ2n) is 9.05. The van der Waals surface area contributed by atoms with Crippen LogP contribution in [0.5, 0.6) is 0 Å². The maximum Gasteiger partial charge on any atom is 0.408 e. The maximum absolute atomic E-state index is 13.3. The quantitative estimate of drug-likeness (QED) is 0.227. The van der Waals surface area contributed by atoms with E-state index in [2.05, 4.69) is 21.3 Å². The van der Waals surface area contributed by atoms with Crippen molar-refractivity contribution in [2.24, 2.45) is 5.92 Å². The molecule has 0 aliphatic carbocycles. The first kappa shape index (κ1) is 29.3. The number of rotatable bonds is 15. The zero-order chi connectivity index (χ0) is 27.0. The normalized spacial score (nSPS) is 13.1. The lowest BCUT2D eigenvalue weighted by atomic mass is 10.0. The zero-order valence-electron chi connectivity index (χ0n) is 21.2. The van der Waals surface area contributed by atoms with E-state index in [1.165, 1.54) is 0 Å². The van der Waals surface area contributed by atoms with E-state index in [1.807, 2.05) is 74.5 Å².